The predicted molar refractivity (Wildman–Crippen MR) is 132 cm³/mol. The molecule has 0 aliphatic heterocycles. The van der Waals surface area contributed by atoms with E-state index in [2.05, 4.69) is 107 Å². The molecule has 5 rings (SSSR count). The highest BCUT2D eigenvalue weighted by Gasteiger charge is 2.13. The molecule has 5 aromatic rings. The van der Waals surface area contributed by atoms with Crippen LogP contribution < -0.4 is 16.2 Å². The third-order valence-corrected chi connectivity index (χ3v) is 5.52. The van der Waals surface area contributed by atoms with Crippen molar-refractivity contribution in [3.8, 4) is 11.1 Å². The van der Waals surface area contributed by atoms with E-state index in [4.69, 9.17) is 5.84 Å². The zero-order valence-electron chi connectivity index (χ0n) is 17.1. The Balaban J connectivity index is 1.60. The summed E-state index contributed by atoms with van der Waals surface area (Å²) in [5.41, 5.74) is 9.24. The van der Waals surface area contributed by atoms with Gasteiger partial charge >= 0.3 is 0 Å². The molecule has 3 N–H and O–H groups in total. The zero-order chi connectivity index (χ0) is 21.0. The molecule has 0 fully saturated rings. The fraction of sp³-hybridized carbons (Fsp3) is 0. The molecule has 31 heavy (non-hydrogen) atoms. The Hall–Kier alpha value is -4.08. The Morgan fingerprint density at radius 2 is 1.13 bits per heavy atom. The van der Waals surface area contributed by atoms with Gasteiger partial charge in [-0.2, -0.15) is 0 Å². The van der Waals surface area contributed by atoms with E-state index in [0.717, 1.165) is 33.9 Å². The van der Waals surface area contributed by atoms with Gasteiger partial charge in [-0.1, -0.05) is 78.9 Å². The third kappa shape index (κ3) is 3.75. The quantitative estimate of drug-likeness (QED) is 0.240. The molecule has 0 saturated carbocycles. The van der Waals surface area contributed by atoms with E-state index >= 15 is 0 Å². The number of nitrogens with one attached hydrogen (secondary N) is 1. The van der Waals surface area contributed by atoms with Gasteiger partial charge in [-0.15, -0.1) is 0 Å². The Kier molecular flexibility index (Phi) is 5.09. The maximum Gasteiger partial charge on any atom is 0.0563 e. The van der Waals surface area contributed by atoms with Crippen molar-refractivity contribution in [1.82, 2.24) is 0 Å². The monoisotopic (exact) mass is 401 g/mol. The average molecular weight is 402 g/mol. The zero-order valence-corrected chi connectivity index (χ0v) is 17.1. The highest BCUT2D eigenvalue weighted by Crippen LogP contribution is 2.37. The van der Waals surface area contributed by atoms with Crippen LogP contribution in [0.5, 0.6) is 0 Å². The summed E-state index contributed by atoms with van der Waals surface area (Å²) >= 11 is 0. The first-order valence-electron chi connectivity index (χ1n) is 10.3. The van der Waals surface area contributed by atoms with E-state index in [1.165, 1.54) is 10.8 Å². The first-order valence-corrected chi connectivity index (χ1v) is 10.3. The molecule has 3 heteroatoms. The van der Waals surface area contributed by atoms with Gasteiger partial charge in [0.1, 0.15) is 0 Å². The van der Waals surface area contributed by atoms with Crippen molar-refractivity contribution < 1.29 is 0 Å². The molecule has 0 aliphatic rings. The molecule has 0 aliphatic carbocycles. The van der Waals surface area contributed by atoms with Crippen molar-refractivity contribution in [2.45, 2.75) is 0 Å². The van der Waals surface area contributed by atoms with Crippen molar-refractivity contribution in [2.75, 3.05) is 10.3 Å². The molecule has 0 heterocycles. The lowest BCUT2D eigenvalue weighted by atomic mass is 10.0. The highest BCUT2D eigenvalue weighted by molar-refractivity contribution is 5.89. The second-order valence-corrected chi connectivity index (χ2v) is 7.44. The van der Waals surface area contributed by atoms with E-state index in [1.54, 1.807) is 0 Å². The second-order valence-electron chi connectivity index (χ2n) is 7.44. The van der Waals surface area contributed by atoms with E-state index < -0.39 is 0 Å². The van der Waals surface area contributed by atoms with Crippen LogP contribution in [0.4, 0.5) is 22.7 Å². The Morgan fingerprint density at radius 3 is 1.90 bits per heavy atom. The summed E-state index contributed by atoms with van der Waals surface area (Å²) in [4.78, 5) is 2.28. The number of para-hydroxylation sites is 2. The molecule has 0 bridgehead atoms. The van der Waals surface area contributed by atoms with Gasteiger partial charge in [0.05, 0.1) is 5.69 Å². The standard InChI is InChI=1S/C28H23N3/c29-30-28-13-7-6-12-27(28)22-15-17-25(18-16-22)31(24-10-2-1-3-11-24)26-19-14-21-8-4-5-9-23(21)20-26/h1-20,30H,29H2. The third-order valence-electron chi connectivity index (χ3n) is 5.52. The van der Waals surface area contributed by atoms with Crippen LogP contribution in [-0.2, 0) is 0 Å². The molecular formula is C28H23N3. The summed E-state index contributed by atoms with van der Waals surface area (Å²) < 4.78 is 0. The first-order chi connectivity index (χ1) is 15.3. The number of rotatable bonds is 5. The minimum absolute atomic E-state index is 0.907. The Morgan fingerprint density at radius 1 is 0.516 bits per heavy atom. The summed E-state index contributed by atoms with van der Waals surface area (Å²) in [6.45, 7) is 0. The van der Waals surface area contributed by atoms with E-state index in [0.29, 0.717) is 0 Å². The topological polar surface area (TPSA) is 41.3 Å². The highest BCUT2D eigenvalue weighted by atomic mass is 15.2. The largest absolute Gasteiger partial charge is 0.324 e. The van der Waals surface area contributed by atoms with Crippen LogP contribution in [0.25, 0.3) is 21.9 Å². The van der Waals surface area contributed by atoms with Gasteiger partial charge in [0.2, 0.25) is 0 Å². The number of hydrazine groups is 1. The van der Waals surface area contributed by atoms with Crippen LogP contribution in [0.1, 0.15) is 0 Å². The van der Waals surface area contributed by atoms with E-state index in [-0.39, 0.29) is 0 Å². The normalized spacial score (nSPS) is 10.7. The number of nitrogen functional groups attached to an aromatic ring is 1. The number of anilines is 4. The van der Waals surface area contributed by atoms with Crippen LogP contribution in [0, 0.1) is 0 Å². The van der Waals surface area contributed by atoms with Crippen molar-refractivity contribution in [1.29, 1.82) is 0 Å². The van der Waals surface area contributed by atoms with Gasteiger partial charge in [0.25, 0.3) is 0 Å². The Labute approximate surface area is 182 Å². The van der Waals surface area contributed by atoms with Gasteiger partial charge in [0.15, 0.2) is 0 Å². The molecule has 0 aromatic heterocycles. The fourth-order valence-corrected chi connectivity index (χ4v) is 3.99. The van der Waals surface area contributed by atoms with Gasteiger partial charge < -0.3 is 10.3 Å². The predicted octanol–water partition coefficient (Wildman–Crippen LogP) is 7.26. The summed E-state index contributed by atoms with van der Waals surface area (Å²) in [6.07, 6.45) is 0. The maximum absolute atomic E-state index is 5.71. The van der Waals surface area contributed by atoms with Crippen LogP contribution in [0.2, 0.25) is 0 Å². The molecular weight excluding hydrogens is 378 g/mol. The number of hydrogen-bond acceptors (Lipinski definition) is 3. The number of nitrogens with zero attached hydrogens (tertiary/aromatic N) is 1. The lowest BCUT2D eigenvalue weighted by molar-refractivity contribution is 1.29. The minimum Gasteiger partial charge on any atom is -0.324 e. The molecule has 150 valence electrons. The lowest BCUT2D eigenvalue weighted by Crippen LogP contribution is -2.10. The van der Waals surface area contributed by atoms with Crippen LogP contribution >= 0.6 is 0 Å². The molecule has 0 radical (unpaired) electrons. The van der Waals surface area contributed by atoms with Gasteiger partial charge in [0, 0.05) is 22.6 Å². The first kappa shape index (κ1) is 18.9. The molecule has 0 atom stereocenters. The smallest absolute Gasteiger partial charge is 0.0563 e. The van der Waals surface area contributed by atoms with Crippen molar-refractivity contribution >= 4 is 33.5 Å². The molecule has 5 aromatic carbocycles. The Bertz CT molecular complexity index is 1310. The molecule has 0 amide bonds. The van der Waals surface area contributed by atoms with Gasteiger partial charge in [-0.3, -0.25) is 5.84 Å². The van der Waals surface area contributed by atoms with Crippen molar-refractivity contribution in [2.24, 2.45) is 5.84 Å². The molecule has 0 unspecified atom stereocenters. The maximum atomic E-state index is 5.71. The second kappa shape index (κ2) is 8.34. The summed E-state index contributed by atoms with van der Waals surface area (Å²) in [5.74, 6) is 5.71. The average Bonchev–Trinajstić information content (AvgIpc) is 2.85. The molecule has 0 saturated heterocycles. The van der Waals surface area contributed by atoms with E-state index in [1.807, 2.05) is 24.3 Å². The summed E-state index contributed by atoms with van der Waals surface area (Å²) in [6, 6.07) is 42.2. The lowest BCUT2D eigenvalue weighted by Gasteiger charge is -2.26. The van der Waals surface area contributed by atoms with Gasteiger partial charge in [-0.05, 0) is 58.8 Å². The molecule has 3 nitrogen and oxygen atoms in total. The van der Waals surface area contributed by atoms with Crippen LogP contribution in [0.3, 0.4) is 0 Å². The number of fused-ring (bicyclic) bond motifs is 1. The van der Waals surface area contributed by atoms with Crippen LogP contribution in [0.15, 0.2) is 121 Å². The summed E-state index contributed by atoms with van der Waals surface area (Å²) in [7, 11) is 0. The number of benzene rings is 5. The van der Waals surface area contributed by atoms with E-state index in [9.17, 15) is 0 Å². The minimum atomic E-state index is 0.907. The SMILES string of the molecule is NNc1ccccc1-c1ccc(N(c2ccccc2)c2ccc3ccccc3c2)cc1. The number of nitrogens with two attached hydrogens (primary N) is 1. The van der Waals surface area contributed by atoms with Gasteiger partial charge in [-0.25, -0.2) is 0 Å². The van der Waals surface area contributed by atoms with Crippen molar-refractivity contribution in [3.05, 3.63) is 121 Å². The fourth-order valence-electron chi connectivity index (χ4n) is 3.99. The summed E-state index contributed by atoms with van der Waals surface area (Å²) in [5, 5.41) is 2.46. The van der Waals surface area contributed by atoms with Crippen molar-refractivity contribution in [3.63, 3.8) is 0 Å². The number of hydrogen-bond donors (Lipinski definition) is 2. The molecule has 0 spiro atoms. The van der Waals surface area contributed by atoms with Crippen LogP contribution in [-0.4, -0.2) is 0 Å².